The minimum absolute atomic E-state index is 0.267. The standard InChI is InChI=1S/C23H25N7O2/c1-23(19-7-8-19,18-5-3-15(4-6-18)16-11-25-22(24)26-12-16)21-28-20(32-29-21)17-13-27-30(14-17)9-10-31-2/h3-6,11-14,19H,7-10H2,1-2H3,(H2,24,25,26)/t23-/m1/s1. The van der Waals surface area contributed by atoms with Crippen LogP contribution in [0.5, 0.6) is 0 Å². The molecule has 1 atom stereocenters. The van der Waals surface area contributed by atoms with E-state index in [9.17, 15) is 0 Å². The maximum absolute atomic E-state index is 5.64. The number of ether oxygens (including phenoxy) is 1. The van der Waals surface area contributed by atoms with Crippen molar-refractivity contribution in [3.8, 4) is 22.6 Å². The molecule has 3 aromatic heterocycles. The van der Waals surface area contributed by atoms with Gasteiger partial charge in [-0.1, -0.05) is 29.4 Å². The van der Waals surface area contributed by atoms with E-state index in [2.05, 4.69) is 51.4 Å². The highest BCUT2D eigenvalue weighted by Gasteiger charge is 2.47. The topological polar surface area (TPSA) is 118 Å². The average Bonchev–Trinajstić information content (AvgIpc) is 3.37. The highest BCUT2D eigenvalue weighted by Crippen LogP contribution is 2.50. The predicted molar refractivity (Wildman–Crippen MR) is 118 cm³/mol. The van der Waals surface area contributed by atoms with E-state index in [4.69, 9.17) is 20.0 Å². The Balaban J connectivity index is 1.43. The summed E-state index contributed by atoms with van der Waals surface area (Å²) in [4.78, 5) is 12.9. The first-order valence-corrected chi connectivity index (χ1v) is 10.6. The van der Waals surface area contributed by atoms with E-state index >= 15 is 0 Å². The van der Waals surface area contributed by atoms with Gasteiger partial charge in [-0.05, 0) is 36.8 Å². The maximum Gasteiger partial charge on any atom is 0.261 e. The smallest absolute Gasteiger partial charge is 0.261 e. The van der Waals surface area contributed by atoms with Crippen molar-refractivity contribution < 1.29 is 9.26 Å². The van der Waals surface area contributed by atoms with Gasteiger partial charge in [-0.3, -0.25) is 4.68 Å². The molecule has 0 spiro atoms. The van der Waals surface area contributed by atoms with Gasteiger partial charge in [0.2, 0.25) is 5.95 Å². The van der Waals surface area contributed by atoms with Crippen molar-refractivity contribution in [3.05, 3.63) is 60.4 Å². The number of aromatic nitrogens is 6. The number of methoxy groups -OCH3 is 1. The van der Waals surface area contributed by atoms with Crippen LogP contribution in [0.3, 0.4) is 0 Å². The summed E-state index contributed by atoms with van der Waals surface area (Å²) in [5.41, 5.74) is 9.18. The zero-order valence-corrected chi connectivity index (χ0v) is 18.1. The van der Waals surface area contributed by atoms with Gasteiger partial charge >= 0.3 is 0 Å². The van der Waals surface area contributed by atoms with E-state index < -0.39 is 0 Å². The number of nitrogens with zero attached hydrogens (tertiary/aromatic N) is 6. The highest BCUT2D eigenvalue weighted by molar-refractivity contribution is 5.63. The molecule has 1 fully saturated rings. The van der Waals surface area contributed by atoms with Crippen molar-refractivity contribution in [1.82, 2.24) is 29.9 Å². The lowest BCUT2D eigenvalue weighted by Gasteiger charge is -2.27. The lowest BCUT2D eigenvalue weighted by atomic mass is 9.77. The molecule has 1 aromatic carbocycles. The van der Waals surface area contributed by atoms with Crippen molar-refractivity contribution in [2.75, 3.05) is 19.5 Å². The first kappa shape index (κ1) is 20.3. The molecule has 1 aliphatic rings. The van der Waals surface area contributed by atoms with Crippen LogP contribution in [0.1, 0.15) is 31.2 Å². The number of hydrogen-bond donors (Lipinski definition) is 1. The molecule has 164 valence electrons. The maximum atomic E-state index is 5.64. The van der Waals surface area contributed by atoms with Gasteiger partial charge in [0, 0.05) is 31.3 Å². The van der Waals surface area contributed by atoms with Gasteiger partial charge in [-0.2, -0.15) is 10.1 Å². The number of anilines is 1. The molecule has 2 N–H and O–H groups in total. The molecule has 0 amide bonds. The Labute approximate surface area is 185 Å². The Morgan fingerprint density at radius 3 is 2.53 bits per heavy atom. The normalized spacial score (nSPS) is 15.6. The SMILES string of the molecule is COCCn1cc(-c2nc([C@](C)(c3ccc(-c4cnc(N)nc4)cc3)C3CC3)no2)cn1. The van der Waals surface area contributed by atoms with E-state index in [-0.39, 0.29) is 11.4 Å². The second-order valence-electron chi connectivity index (χ2n) is 8.29. The van der Waals surface area contributed by atoms with Crippen molar-refractivity contribution in [3.63, 3.8) is 0 Å². The molecule has 0 unspecified atom stereocenters. The Kier molecular flexibility index (Phi) is 5.18. The van der Waals surface area contributed by atoms with Crippen molar-refractivity contribution in [1.29, 1.82) is 0 Å². The van der Waals surface area contributed by atoms with Crippen LogP contribution in [-0.4, -0.2) is 43.6 Å². The van der Waals surface area contributed by atoms with Gasteiger partial charge in [-0.25, -0.2) is 9.97 Å². The van der Waals surface area contributed by atoms with Gasteiger partial charge < -0.3 is 15.0 Å². The van der Waals surface area contributed by atoms with Crippen LogP contribution >= 0.6 is 0 Å². The molecule has 9 nitrogen and oxygen atoms in total. The Hall–Kier alpha value is -3.59. The zero-order chi connectivity index (χ0) is 22.1. The number of nitrogens with two attached hydrogens (primary N) is 1. The van der Waals surface area contributed by atoms with Crippen LogP contribution in [-0.2, 0) is 16.7 Å². The first-order valence-electron chi connectivity index (χ1n) is 10.6. The fourth-order valence-corrected chi connectivity index (χ4v) is 4.04. The molecule has 0 radical (unpaired) electrons. The number of rotatable bonds is 8. The Morgan fingerprint density at radius 1 is 1.09 bits per heavy atom. The Bertz CT molecular complexity index is 1200. The molecule has 5 rings (SSSR count). The van der Waals surface area contributed by atoms with Gasteiger partial charge in [0.05, 0.1) is 30.3 Å². The second-order valence-corrected chi connectivity index (χ2v) is 8.29. The van der Waals surface area contributed by atoms with Gasteiger partial charge in [-0.15, -0.1) is 0 Å². The predicted octanol–water partition coefficient (Wildman–Crippen LogP) is 3.33. The summed E-state index contributed by atoms with van der Waals surface area (Å²) in [5.74, 6) is 1.92. The van der Waals surface area contributed by atoms with Crippen molar-refractivity contribution in [2.24, 2.45) is 5.92 Å². The number of benzene rings is 1. The third-order valence-electron chi connectivity index (χ3n) is 6.18. The Morgan fingerprint density at radius 2 is 1.84 bits per heavy atom. The minimum Gasteiger partial charge on any atom is -0.383 e. The lowest BCUT2D eigenvalue weighted by Crippen LogP contribution is -2.28. The first-order chi connectivity index (χ1) is 15.6. The molecule has 0 aliphatic heterocycles. The number of nitrogen functional groups attached to an aromatic ring is 1. The third-order valence-corrected chi connectivity index (χ3v) is 6.18. The fourth-order valence-electron chi connectivity index (χ4n) is 4.04. The molecule has 1 aliphatic carbocycles. The zero-order valence-electron chi connectivity index (χ0n) is 18.1. The molecule has 0 bridgehead atoms. The molecular weight excluding hydrogens is 406 g/mol. The number of hydrogen-bond acceptors (Lipinski definition) is 8. The van der Waals surface area contributed by atoms with E-state index in [1.807, 2.05) is 10.9 Å². The van der Waals surface area contributed by atoms with Crippen LogP contribution in [0, 0.1) is 5.92 Å². The molecule has 4 aromatic rings. The van der Waals surface area contributed by atoms with Crippen LogP contribution in [0.2, 0.25) is 0 Å². The average molecular weight is 432 g/mol. The van der Waals surface area contributed by atoms with Crippen LogP contribution in [0.15, 0.2) is 53.6 Å². The molecule has 32 heavy (non-hydrogen) atoms. The fraction of sp³-hybridized carbons (Fsp3) is 0.348. The monoisotopic (exact) mass is 431 g/mol. The van der Waals surface area contributed by atoms with Gasteiger partial charge in [0.25, 0.3) is 5.89 Å². The summed E-state index contributed by atoms with van der Waals surface area (Å²) < 4.78 is 12.6. The second kappa shape index (κ2) is 8.16. The largest absolute Gasteiger partial charge is 0.383 e. The minimum atomic E-state index is -0.329. The summed E-state index contributed by atoms with van der Waals surface area (Å²) in [5, 5.41) is 8.72. The van der Waals surface area contributed by atoms with Crippen LogP contribution < -0.4 is 5.73 Å². The molecule has 9 heteroatoms. The molecule has 0 saturated heterocycles. The molecule has 3 heterocycles. The van der Waals surface area contributed by atoms with E-state index in [1.54, 1.807) is 25.7 Å². The van der Waals surface area contributed by atoms with Crippen molar-refractivity contribution >= 4 is 5.95 Å². The van der Waals surface area contributed by atoms with Crippen molar-refractivity contribution in [2.45, 2.75) is 31.7 Å². The highest BCUT2D eigenvalue weighted by atomic mass is 16.5. The lowest BCUT2D eigenvalue weighted by molar-refractivity contribution is 0.183. The van der Waals surface area contributed by atoms with E-state index in [1.165, 1.54) is 0 Å². The van der Waals surface area contributed by atoms with Gasteiger partial charge in [0.1, 0.15) is 0 Å². The van der Waals surface area contributed by atoms with Gasteiger partial charge in [0.15, 0.2) is 5.82 Å². The van der Waals surface area contributed by atoms with Crippen LogP contribution in [0.25, 0.3) is 22.6 Å². The molecule has 1 saturated carbocycles. The van der Waals surface area contributed by atoms with E-state index in [0.717, 1.165) is 35.1 Å². The third kappa shape index (κ3) is 3.75. The molecular formula is C23H25N7O2. The summed E-state index contributed by atoms with van der Waals surface area (Å²) in [6.07, 6.45) is 9.39. The quantitative estimate of drug-likeness (QED) is 0.451. The van der Waals surface area contributed by atoms with Crippen LogP contribution in [0.4, 0.5) is 5.95 Å². The van der Waals surface area contributed by atoms with E-state index in [0.29, 0.717) is 30.8 Å². The summed E-state index contributed by atoms with van der Waals surface area (Å²) in [7, 11) is 1.67. The summed E-state index contributed by atoms with van der Waals surface area (Å²) in [6.45, 7) is 3.46. The summed E-state index contributed by atoms with van der Waals surface area (Å²) in [6, 6.07) is 8.41. The summed E-state index contributed by atoms with van der Waals surface area (Å²) >= 11 is 0.